The van der Waals surface area contributed by atoms with E-state index in [-0.39, 0.29) is 11.7 Å². The first-order valence-corrected chi connectivity index (χ1v) is 9.21. The van der Waals surface area contributed by atoms with Crippen LogP contribution >= 0.6 is 23.4 Å². The zero-order valence-corrected chi connectivity index (χ0v) is 15.7. The van der Waals surface area contributed by atoms with E-state index in [4.69, 9.17) is 16.0 Å². The molecule has 0 fully saturated rings. The number of rotatable bonds is 7. The second-order valence-corrected chi connectivity index (χ2v) is 6.82. The molecule has 2 aromatic heterocycles. The number of allylic oxidation sites excluding steroid dienone is 1. The number of anilines is 1. The predicted molar refractivity (Wildman–Crippen MR) is 103 cm³/mol. The van der Waals surface area contributed by atoms with Gasteiger partial charge in [0.1, 0.15) is 5.76 Å². The van der Waals surface area contributed by atoms with E-state index >= 15 is 0 Å². The lowest BCUT2D eigenvalue weighted by molar-refractivity contribution is -0.113. The molecular formula is C18H17ClN4O2S. The molecule has 26 heavy (non-hydrogen) atoms. The van der Waals surface area contributed by atoms with Crippen LogP contribution in [0.1, 0.15) is 5.76 Å². The first kappa shape index (κ1) is 18.3. The maximum atomic E-state index is 12.2. The lowest BCUT2D eigenvalue weighted by atomic mass is 10.2. The number of carbonyl (C=O) groups is 1. The number of hydrogen-bond donors (Lipinski definition) is 1. The molecule has 0 aliphatic heterocycles. The van der Waals surface area contributed by atoms with Crippen LogP contribution in [-0.2, 0) is 11.3 Å². The van der Waals surface area contributed by atoms with Crippen LogP contribution in [0.4, 0.5) is 5.69 Å². The summed E-state index contributed by atoms with van der Waals surface area (Å²) in [5.74, 6) is 1.50. The number of thioether (sulfide) groups is 1. The van der Waals surface area contributed by atoms with Crippen LogP contribution in [-0.4, -0.2) is 26.4 Å². The second-order valence-electron chi connectivity index (χ2n) is 5.44. The summed E-state index contributed by atoms with van der Waals surface area (Å²) in [5.41, 5.74) is 1.53. The third kappa shape index (κ3) is 4.17. The van der Waals surface area contributed by atoms with E-state index in [1.165, 1.54) is 11.8 Å². The smallest absolute Gasteiger partial charge is 0.234 e. The largest absolute Gasteiger partial charge is 0.469 e. The van der Waals surface area contributed by atoms with Crippen molar-refractivity contribution in [3.05, 3.63) is 60.0 Å². The molecule has 3 rings (SSSR count). The summed E-state index contributed by atoms with van der Waals surface area (Å²) in [4.78, 5) is 12.2. The number of benzene rings is 1. The lowest BCUT2D eigenvalue weighted by Gasteiger charge is -2.08. The lowest BCUT2D eigenvalue weighted by Crippen LogP contribution is -2.14. The molecule has 1 N–H and O–H groups in total. The van der Waals surface area contributed by atoms with Crippen molar-refractivity contribution in [2.45, 2.75) is 18.6 Å². The fraction of sp³-hybridized carbons (Fsp3) is 0.167. The molecule has 0 saturated heterocycles. The van der Waals surface area contributed by atoms with Gasteiger partial charge in [-0.3, -0.25) is 9.36 Å². The highest BCUT2D eigenvalue weighted by Crippen LogP contribution is 2.27. The van der Waals surface area contributed by atoms with E-state index in [9.17, 15) is 4.79 Å². The first-order valence-electron chi connectivity index (χ1n) is 7.85. The zero-order valence-electron chi connectivity index (χ0n) is 14.1. The monoisotopic (exact) mass is 388 g/mol. The minimum Gasteiger partial charge on any atom is -0.469 e. The molecule has 0 aliphatic rings. The number of carbonyl (C=O) groups excluding carboxylic acids is 1. The van der Waals surface area contributed by atoms with Gasteiger partial charge in [0.2, 0.25) is 5.91 Å². The highest BCUT2D eigenvalue weighted by atomic mass is 35.5. The molecule has 1 amide bonds. The predicted octanol–water partition coefficient (Wildman–Crippen LogP) is 4.42. The van der Waals surface area contributed by atoms with E-state index in [1.807, 2.05) is 17.6 Å². The standard InChI is InChI=1S/C18H17ClN4O2S/c1-3-8-23-17(15-7-9-25-12(15)2)21-22-18(23)26-11-16(24)20-14-6-4-5-13(19)10-14/h3-7,9-10H,1,8,11H2,2H3,(H,20,24). The molecule has 8 heteroatoms. The molecule has 0 radical (unpaired) electrons. The Morgan fingerprint density at radius 2 is 2.27 bits per heavy atom. The number of aryl methyl sites for hydroxylation is 1. The van der Waals surface area contributed by atoms with Crippen LogP contribution in [0.3, 0.4) is 0 Å². The number of hydrogen-bond acceptors (Lipinski definition) is 5. The molecule has 3 aromatic rings. The normalized spacial score (nSPS) is 10.7. The van der Waals surface area contributed by atoms with E-state index in [0.717, 1.165) is 11.3 Å². The minimum absolute atomic E-state index is 0.147. The van der Waals surface area contributed by atoms with Crippen molar-refractivity contribution in [3.8, 4) is 11.4 Å². The molecule has 134 valence electrons. The number of aromatic nitrogens is 3. The Balaban J connectivity index is 1.71. The molecule has 2 heterocycles. The van der Waals surface area contributed by atoms with E-state index in [1.54, 1.807) is 36.6 Å². The Bertz CT molecular complexity index is 935. The van der Waals surface area contributed by atoms with Gasteiger partial charge < -0.3 is 9.73 Å². The quantitative estimate of drug-likeness (QED) is 0.479. The third-order valence-corrected chi connectivity index (χ3v) is 4.77. The Morgan fingerprint density at radius 3 is 2.96 bits per heavy atom. The van der Waals surface area contributed by atoms with Gasteiger partial charge in [-0.25, -0.2) is 0 Å². The molecule has 0 aliphatic carbocycles. The van der Waals surface area contributed by atoms with Crippen molar-refractivity contribution in [2.24, 2.45) is 0 Å². The molecule has 0 saturated carbocycles. The van der Waals surface area contributed by atoms with Gasteiger partial charge in [-0.1, -0.05) is 35.5 Å². The maximum absolute atomic E-state index is 12.2. The van der Waals surface area contributed by atoms with Crippen molar-refractivity contribution >= 4 is 35.0 Å². The molecule has 0 atom stereocenters. The molecule has 6 nitrogen and oxygen atoms in total. The fourth-order valence-corrected chi connectivity index (χ4v) is 3.34. The van der Waals surface area contributed by atoms with Crippen LogP contribution in [0, 0.1) is 6.92 Å². The highest BCUT2D eigenvalue weighted by Gasteiger charge is 2.17. The number of amides is 1. The van der Waals surface area contributed by atoms with Gasteiger partial charge in [-0.05, 0) is 31.2 Å². The number of nitrogens with zero attached hydrogens (tertiary/aromatic N) is 3. The SMILES string of the molecule is C=CCn1c(SCC(=O)Nc2cccc(Cl)c2)nnc1-c1ccoc1C. The highest BCUT2D eigenvalue weighted by molar-refractivity contribution is 7.99. The van der Waals surface area contributed by atoms with Crippen LogP contribution < -0.4 is 5.32 Å². The molecule has 0 unspecified atom stereocenters. The average Bonchev–Trinajstić information content (AvgIpc) is 3.19. The van der Waals surface area contributed by atoms with E-state index in [0.29, 0.717) is 28.2 Å². The molecule has 0 spiro atoms. The summed E-state index contributed by atoms with van der Waals surface area (Å²) in [5, 5.41) is 12.5. The zero-order chi connectivity index (χ0) is 18.5. The van der Waals surface area contributed by atoms with Crippen LogP contribution in [0.25, 0.3) is 11.4 Å². The summed E-state index contributed by atoms with van der Waals surface area (Å²) in [6.07, 6.45) is 3.38. The van der Waals surface area contributed by atoms with Gasteiger partial charge in [0, 0.05) is 17.3 Å². The number of nitrogens with one attached hydrogen (secondary N) is 1. The topological polar surface area (TPSA) is 73.0 Å². The van der Waals surface area contributed by atoms with Crippen LogP contribution in [0.15, 0.2) is 58.8 Å². The Morgan fingerprint density at radius 1 is 1.42 bits per heavy atom. The summed E-state index contributed by atoms with van der Waals surface area (Å²) >= 11 is 7.23. The second kappa shape index (κ2) is 8.25. The fourth-order valence-electron chi connectivity index (χ4n) is 2.40. The van der Waals surface area contributed by atoms with Gasteiger partial charge in [0.25, 0.3) is 0 Å². The average molecular weight is 389 g/mol. The van der Waals surface area contributed by atoms with Crippen LogP contribution in [0.2, 0.25) is 5.02 Å². The number of furan rings is 1. The van der Waals surface area contributed by atoms with Gasteiger partial charge in [-0.15, -0.1) is 16.8 Å². The Labute approximate surface area is 160 Å². The Kier molecular flexibility index (Phi) is 5.80. The van der Waals surface area contributed by atoms with E-state index < -0.39 is 0 Å². The van der Waals surface area contributed by atoms with Gasteiger partial charge in [0.05, 0.1) is 17.6 Å². The molecule has 1 aromatic carbocycles. The van der Waals surface area contributed by atoms with Gasteiger partial charge in [0.15, 0.2) is 11.0 Å². The van der Waals surface area contributed by atoms with Crippen LogP contribution in [0.5, 0.6) is 0 Å². The first-order chi connectivity index (χ1) is 12.6. The third-order valence-electron chi connectivity index (χ3n) is 3.57. The summed E-state index contributed by atoms with van der Waals surface area (Å²) in [7, 11) is 0. The van der Waals surface area contributed by atoms with Gasteiger partial charge in [-0.2, -0.15) is 0 Å². The number of halogens is 1. The maximum Gasteiger partial charge on any atom is 0.234 e. The van der Waals surface area contributed by atoms with Crippen molar-refractivity contribution < 1.29 is 9.21 Å². The Hall–Kier alpha value is -2.51. The summed E-state index contributed by atoms with van der Waals surface area (Å²) < 4.78 is 7.25. The van der Waals surface area contributed by atoms with Gasteiger partial charge >= 0.3 is 0 Å². The van der Waals surface area contributed by atoms with Crippen molar-refractivity contribution in [1.82, 2.24) is 14.8 Å². The molecular weight excluding hydrogens is 372 g/mol. The molecule has 0 bridgehead atoms. The summed E-state index contributed by atoms with van der Waals surface area (Å²) in [6, 6.07) is 8.87. The van der Waals surface area contributed by atoms with E-state index in [2.05, 4.69) is 22.1 Å². The van der Waals surface area contributed by atoms with Crippen molar-refractivity contribution in [3.63, 3.8) is 0 Å². The van der Waals surface area contributed by atoms with Crippen molar-refractivity contribution in [2.75, 3.05) is 11.1 Å². The summed E-state index contributed by atoms with van der Waals surface area (Å²) in [6.45, 7) is 6.18. The minimum atomic E-state index is -0.147. The van der Waals surface area contributed by atoms with Crippen molar-refractivity contribution in [1.29, 1.82) is 0 Å².